The van der Waals surface area contributed by atoms with Gasteiger partial charge in [-0.3, -0.25) is 9.78 Å². The fourth-order valence-corrected chi connectivity index (χ4v) is 2.61. The molecule has 0 aliphatic heterocycles. The molecular weight excluding hydrogens is 312 g/mol. The highest BCUT2D eigenvalue weighted by Gasteiger charge is 2.17. The summed E-state index contributed by atoms with van der Waals surface area (Å²) in [5.74, 6) is -0.00430. The average Bonchev–Trinajstić information content (AvgIpc) is 2.54. The van der Waals surface area contributed by atoms with Crippen LogP contribution in [0.3, 0.4) is 0 Å². The van der Waals surface area contributed by atoms with E-state index in [0.29, 0.717) is 22.0 Å². The van der Waals surface area contributed by atoms with Crippen molar-refractivity contribution in [3.8, 4) is 5.75 Å². The quantitative estimate of drug-likeness (QED) is 0.768. The molecule has 1 aromatic heterocycles. The lowest BCUT2D eigenvalue weighted by atomic mass is 10.1. The number of aryl methyl sites for hydroxylation is 1. The number of fused-ring (bicyclic) bond motifs is 1. The number of hydrogen-bond acceptors (Lipinski definition) is 3. The molecule has 0 unspecified atom stereocenters. The fourth-order valence-electron chi connectivity index (χ4n) is 2.43. The number of nitrogens with zero attached hydrogens (tertiary/aromatic N) is 2. The average molecular weight is 327 g/mol. The predicted molar refractivity (Wildman–Crippen MR) is 92.3 cm³/mol. The number of hydrogen-bond donors (Lipinski definition) is 1. The zero-order chi connectivity index (χ0) is 16.6. The number of phenols is 1. The first-order chi connectivity index (χ1) is 11.0. The Morgan fingerprint density at radius 1 is 1.13 bits per heavy atom. The van der Waals surface area contributed by atoms with Gasteiger partial charge in [-0.05, 0) is 55.5 Å². The number of carbonyl (C=O) groups is 1. The molecule has 1 N–H and O–H groups in total. The molecule has 116 valence electrons. The Labute approximate surface area is 139 Å². The van der Waals surface area contributed by atoms with Crippen LogP contribution in [0.4, 0.5) is 5.69 Å². The number of aromatic hydroxyl groups is 1. The summed E-state index contributed by atoms with van der Waals surface area (Å²) in [6.45, 7) is 1.81. The normalized spacial score (nSPS) is 10.7. The van der Waals surface area contributed by atoms with E-state index in [1.807, 2.05) is 19.1 Å². The van der Waals surface area contributed by atoms with Gasteiger partial charge >= 0.3 is 0 Å². The summed E-state index contributed by atoms with van der Waals surface area (Å²) < 4.78 is 0. The second kappa shape index (κ2) is 5.89. The van der Waals surface area contributed by atoms with Crippen LogP contribution in [-0.4, -0.2) is 23.0 Å². The maximum atomic E-state index is 12.8. The minimum absolute atomic E-state index is 0.160. The highest BCUT2D eigenvalue weighted by Crippen LogP contribution is 2.24. The minimum atomic E-state index is -0.164. The van der Waals surface area contributed by atoms with E-state index in [-0.39, 0.29) is 11.7 Å². The largest absolute Gasteiger partial charge is 0.508 e. The van der Waals surface area contributed by atoms with Crippen LogP contribution < -0.4 is 4.90 Å². The highest BCUT2D eigenvalue weighted by molar-refractivity contribution is 6.31. The number of anilines is 1. The smallest absolute Gasteiger partial charge is 0.259 e. The number of halogens is 1. The fraction of sp³-hybridized carbons (Fsp3) is 0.111. The van der Waals surface area contributed by atoms with Gasteiger partial charge in [-0.15, -0.1) is 0 Å². The molecule has 3 rings (SSSR count). The second-order valence-electron chi connectivity index (χ2n) is 5.34. The van der Waals surface area contributed by atoms with Crippen molar-refractivity contribution >= 4 is 34.1 Å². The Morgan fingerprint density at radius 2 is 1.83 bits per heavy atom. The van der Waals surface area contributed by atoms with Gasteiger partial charge in [0.15, 0.2) is 0 Å². The minimum Gasteiger partial charge on any atom is -0.508 e. The van der Waals surface area contributed by atoms with Crippen LogP contribution in [0.1, 0.15) is 16.1 Å². The summed E-state index contributed by atoms with van der Waals surface area (Å²) in [4.78, 5) is 18.8. The molecule has 0 radical (unpaired) electrons. The first-order valence-corrected chi connectivity index (χ1v) is 7.47. The summed E-state index contributed by atoms with van der Waals surface area (Å²) in [7, 11) is 1.69. The monoisotopic (exact) mass is 326 g/mol. The number of rotatable bonds is 2. The predicted octanol–water partition coefficient (Wildman–Crippen LogP) is 4.18. The Balaban J connectivity index is 2.02. The van der Waals surface area contributed by atoms with Crippen LogP contribution in [0.5, 0.6) is 5.75 Å². The van der Waals surface area contributed by atoms with E-state index in [4.69, 9.17) is 11.6 Å². The molecule has 4 nitrogen and oxygen atoms in total. The molecule has 0 fully saturated rings. The molecular formula is C18H15ClN2O2. The summed E-state index contributed by atoms with van der Waals surface area (Å²) in [6.07, 6.45) is 0. The summed E-state index contributed by atoms with van der Waals surface area (Å²) in [5, 5.41) is 10.8. The molecule has 0 bridgehead atoms. The number of phenolic OH excluding ortho intramolecular Hbond substituents is 1. The zero-order valence-electron chi connectivity index (χ0n) is 12.7. The topological polar surface area (TPSA) is 53.4 Å². The summed E-state index contributed by atoms with van der Waals surface area (Å²) in [5.41, 5.74) is 2.68. The van der Waals surface area contributed by atoms with Crippen LogP contribution in [0.2, 0.25) is 5.02 Å². The Morgan fingerprint density at radius 3 is 2.52 bits per heavy atom. The van der Waals surface area contributed by atoms with Crippen molar-refractivity contribution < 1.29 is 9.90 Å². The molecule has 1 amide bonds. The van der Waals surface area contributed by atoms with Gasteiger partial charge in [-0.2, -0.15) is 0 Å². The van der Waals surface area contributed by atoms with Crippen molar-refractivity contribution in [3.05, 3.63) is 64.8 Å². The van der Waals surface area contributed by atoms with Gasteiger partial charge < -0.3 is 10.0 Å². The third-order valence-electron chi connectivity index (χ3n) is 3.74. The zero-order valence-corrected chi connectivity index (χ0v) is 13.5. The van der Waals surface area contributed by atoms with Crippen molar-refractivity contribution in [1.29, 1.82) is 0 Å². The lowest BCUT2D eigenvalue weighted by molar-refractivity contribution is 0.0992. The number of benzene rings is 2. The van der Waals surface area contributed by atoms with E-state index in [1.165, 1.54) is 4.90 Å². The number of aromatic nitrogens is 1. The summed E-state index contributed by atoms with van der Waals surface area (Å²) in [6, 6.07) is 13.7. The van der Waals surface area contributed by atoms with Crippen molar-refractivity contribution in [1.82, 2.24) is 4.98 Å². The molecule has 0 saturated carbocycles. The maximum absolute atomic E-state index is 12.8. The Kier molecular flexibility index (Phi) is 3.92. The second-order valence-corrected chi connectivity index (χ2v) is 5.78. The van der Waals surface area contributed by atoms with E-state index in [9.17, 15) is 9.90 Å². The highest BCUT2D eigenvalue weighted by atomic mass is 35.5. The Hall–Kier alpha value is -2.59. The van der Waals surface area contributed by atoms with Gasteiger partial charge in [-0.1, -0.05) is 11.6 Å². The van der Waals surface area contributed by atoms with E-state index in [1.54, 1.807) is 43.4 Å². The summed E-state index contributed by atoms with van der Waals surface area (Å²) >= 11 is 6.02. The number of pyridine rings is 1. The van der Waals surface area contributed by atoms with Crippen LogP contribution in [0.15, 0.2) is 48.5 Å². The molecule has 23 heavy (non-hydrogen) atoms. The molecule has 0 aliphatic rings. The van der Waals surface area contributed by atoms with Crippen LogP contribution in [0, 0.1) is 6.92 Å². The van der Waals surface area contributed by atoms with Crippen molar-refractivity contribution in [2.75, 3.05) is 11.9 Å². The molecule has 0 aliphatic carbocycles. The van der Waals surface area contributed by atoms with E-state index < -0.39 is 0 Å². The molecule has 3 aromatic rings. The Bertz CT molecular complexity index is 891. The molecule has 5 heteroatoms. The SMILES string of the molecule is Cc1nc2ccc(Cl)cc2cc1C(=O)N(C)c1ccc(O)cc1. The number of carbonyl (C=O) groups excluding carboxylic acids is 1. The maximum Gasteiger partial charge on any atom is 0.259 e. The van der Waals surface area contributed by atoms with Gasteiger partial charge in [0, 0.05) is 23.1 Å². The van der Waals surface area contributed by atoms with Gasteiger partial charge in [0.1, 0.15) is 5.75 Å². The molecule has 1 heterocycles. The third kappa shape index (κ3) is 2.98. The standard InChI is InChI=1S/C18H15ClN2O2/c1-11-16(10-12-9-13(19)3-8-17(12)20-11)18(23)21(2)14-4-6-15(22)7-5-14/h3-10,22H,1-2H3. The molecule has 2 aromatic carbocycles. The molecule has 0 saturated heterocycles. The van der Waals surface area contributed by atoms with Crippen molar-refractivity contribution in [2.45, 2.75) is 6.92 Å². The van der Waals surface area contributed by atoms with Gasteiger partial charge in [-0.25, -0.2) is 0 Å². The van der Waals surface area contributed by atoms with Crippen molar-refractivity contribution in [3.63, 3.8) is 0 Å². The van der Waals surface area contributed by atoms with Gasteiger partial charge in [0.2, 0.25) is 0 Å². The lowest BCUT2D eigenvalue weighted by Crippen LogP contribution is -2.27. The van der Waals surface area contributed by atoms with Crippen LogP contribution >= 0.6 is 11.6 Å². The van der Waals surface area contributed by atoms with E-state index in [0.717, 1.165) is 10.9 Å². The van der Waals surface area contributed by atoms with E-state index >= 15 is 0 Å². The molecule has 0 spiro atoms. The first-order valence-electron chi connectivity index (χ1n) is 7.10. The molecule has 0 atom stereocenters. The van der Waals surface area contributed by atoms with Crippen molar-refractivity contribution in [2.24, 2.45) is 0 Å². The third-order valence-corrected chi connectivity index (χ3v) is 3.97. The van der Waals surface area contributed by atoms with Gasteiger partial charge in [0.05, 0.1) is 16.8 Å². The lowest BCUT2D eigenvalue weighted by Gasteiger charge is -2.18. The van der Waals surface area contributed by atoms with E-state index in [2.05, 4.69) is 4.98 Å². The first kappa shape index (κ1) is 15.3. The van der Waals surface area contributed by atoms with Crippen LogP contribution in [0.25, 0.3) is 10.9 Å². The van der Waals surface area contributed by atoms with Crippen LogP contribution in [-0.2, 0) is 0 Å². The number of amides is 1. The van der Waals surface area contributed by atoms with Gasteiger partial charge in [0.25, 0.3) is 5.91 Å².